The zero-order valence-corrected chi connectivity index (χ0v) is 17.5. The van der Waals surface area contributed by atoms with Crippen LogP contribution in [-0.2, 0) is 11.3 Å². The lowest BCUT2D eigenvalue weighted by Crippen LogP contribution is -2.29. The molecule has 5 nitrogen and oxygen atoms in total. The maximum atomic E-state index is 12.6. The highest BCUT2D eigenvalue weighted by atomic mass is 16.2. The van der Waals surface area contributed by atoms with Gasteiger partial charge in [0, 0.05) is 36.1 Å². The molecule has 1 heterocycles. The van der Waals surface area contributed by atoms with Crippen LogP contribution in [0.3, 0.4) is 0 Å². The highest BCUT2D eigenvalue weighted by Crippen LogP contribution is 2.25. The van der Waals surface area contributed by atoms with Crippen molar-refractivity contribution in [3.8, 4) is 0 Å². The van der Waals surface area contributed by atoms with Crippen LogP contribution in [0, 0.1) is 11.3 Å². The van der Waals surface area contributed by atoms with Gasteiger partial charge in [0.2, 0.25) is 5.91 Å². The number of anilines is 1. The van der Waals surface area contributed by atoms with E-state index in [1.165, 1.54) is 0 Å². The van der Waals surface area contributed by atoms with Crippen molar-refractivity contribution in [2.75, 3.05) is 11.9 Å². The van der Waals surface area contributed by atoms with Gasteiger partial charge in [-0.25, -0.2) is 0 Å². The molecule has 2 amide bonds. The van der Waals surface area contributed by atoms with Crippen LogP contribution in [0.4, 0.5) is 5.69 Å². The Bertz CT molecular complexity index is 813. The van der Waals surface area contributed by atoms with Gasteiger partial charge < -0.3 is 15.2 Å². The molecule has 0 aliphatic heterocycles. The first kappa shape index (κ1) is 21.0. The Hall–Kier alpha value is -2.30. The molecule has 1 aromatic carbocycles. The summed E-state index contributed by atoms with van der Waals surface area (Å²) in [6.45, 7) is 13.8. The number of aryl methyl sites for hydroxylation is 1. The van der Waals surface area contributed by atoms with E-state index in [-0.39, 0.29) is 17.2 Å². The predicted octanol–water partition coefficient (Wildman–Crippen LogP) is 4.81. The standard InChI is InChI=1S/C22H33N3O2/c1-7-10-25-18-9-8-17(24-20(26)13-22(4,5)6)11-16(18)12-19(25)21(27)23-14-15(2)3/h8-9,11-12,15H,7,10,13-14H2,1-6H3,(H,23,27)(H,24,26). The number of hydrogen-bond donors (Lipinski definition) is 2. The minimum absolute atomic E-state index is 0.00439. The third kappa shape index (κ3) is 5.84. The highest BCUT2D eigenvalue weighted by molar-refractivity contribution is 6.00. The molecular formula is C22H33N3O2. The number of hydrogen-bond acceptors (Lipinski definition) is 2. The van der Waals surface area contributed by atoms with E-state index in [4.69, 9.17) is 0 Å². The molecule has 1 aromatic heterocycles. The van der Waals surface area contributed by atoms with Gasteiger partial charge in [0.05, 0.1) is 0 Å². The van der Waals surface area contributed by atoms with Crippen LogP contribution in [-0.4, -0.2) is 22.9 Å². The summed E-state index contributed by atoms with van der Waals surface area (Å²) >= 11 is 0. The van der Waals surface area contributed by atoms with E-state index >= 15 is 0 Å². The number of nitrogens with zero attached hydrogens (tertiary/aromatic N) is 1. The van der Waals surface area contributed by atoms with E-state index in [0.29, 0.717) is 24.6 Å². The molecule has 0 fully saturated rings. The molecule has 0 unspecified atom stereocenters. The van der Waals surface area contributed by atoms with Gasteiger partial charge in [0.15, 0.2) is 0 Å². The van der Waals surface area contributed by atoms with Crippen molar-refractivity contribution in [3.63, 3.8) is 0 Å². The number of rotatable bonds is 7. The first-order valence-electron chi connectivity index (χ1n) is 9.82. The summed E-state index contributed by atoms with van der Waals surface area (Å²) in [5.74, 6) is 0.360. The Morgan fingerprint density at radius 3 is 2.44 bits per heavy atom. The molecule has 0 aliphatic rings. The van der Waals surface area contributed by atoms with Crippen molar-refractivity contribution in [1.82, 2.24) is 9.88 Å². The average molecular weight is 372 g/mol. The van der Waals surface area contributed by atoms with E-state index in [1.807, 2.05) is 45.0 Å². The topological polar surface area (TPSA) is 63.1 Å². The van der Waals surface area contributed by atoms with Crippen molar-refractivity contribution in [2.24, 2.45) is 11.3 Å². The molecule has 148 valence electrons. The molecule has 0 saturated heterocycles. The van der Waals surface area contributed by atoms with Crippen molar-refractivity contribution in [1.29, 1.82) is 0 Å². The largest absolute Gasteiger partial charge is 0.351 e. The van der Waals surface area contributed by atoms with Gasteiger partial charge in [0.1, 0.15) is 5.69 Å². The third-order valence-electron chi connectivity index (χ3n) is 4.23. The molecular weight excluding hydrogens is 338 g/mol. The van der Waals surface area contributed by atoms with Gasteiger partial charge in [-0.05, 0) is 42.0 Å². The summed E-state index contributed by atoms with van der Waals surface area (Å²) < 4.78 is 2.06. The van der Waals surface area contributed by atoms with Crippen molar-refractivity contribution in [3.05, 3.63) is 30.0 Å². The summed E-state index contributed by atoms with van der Waals surface area (Å²) in [6, 6.07) is 7.75. The van der Waals surface area contributed by atoms with Gasteiger partial charge in [-0.15, -0.1) is 0 Å². The van der Waals surface area contributed by atoms with Crippen molar-refractivity contribution in [2.45, 2.75) is 60.9 Å². The second-order valence-electron chi connectivity index (χ2n) is 8.84. The quantitative estimate of drug-likeness (QED) is 0.733. The highest BCUT2D eigenvalue weighted by Gasteiger charge is 2.18. The number of carbonyl (C=O) groups is 2. The monoisotopic (exact) mass is 371 g/mol. The molecule has 0 radical (unpaired) electrons. The minimum Gasteiger partial charge on any atom is -0.351 e. The van der Waals surface area contributed by atoms with Crippen LogP contribution in [0.2, 0.25) is 0 Å². The Morgan fingerprint density at radius 2 is 1.85 bits per heavy atom. The van der Waals surface area contributed by atoms with Crippen LogP contribution >= 0.6 is 0 Å². The van der Waals surface area contributed by atoms with Crippen molar-refractivity contribution >= 4 is 28.4 Å². The molecule has 0 bridgehead atoms. The molecule has 5 heteroatoms. The lowest BCUT2D eigenvalue weighted by molar-refractivity contribution is -0.117. The number of carbonyl (C=O) groups excluding carboxylic acids is 2. The molecule has 0 spiro atoms. The Morgan fingerprint density at radius 1 is 1.15 bits per heavy atom. The molecule has 0 saturated carbocycles. The summed E-state index contributed by atoms with van der Waals surface area (Å²) in [6.07, 6.45) is 1.41. The second-order valence-corrected chi connectivity index (χ2v) is 8.84. The molecule has 2 aromatic rings. The van der Waals surface area contributed by atoms with Crippen LogP contribution in [0.1, 0.15) is 64.9 Å². The fraction of sp³-hybridized carbons (Fsp3) is 0.545. The number of amides is 2. The minimum atomic E-state index is -0.0552. The SMILES string of the molecule is CCCn1c(C(=O)NCC(C)C)cc2cc(NC(=O)CC(C)(C)C)ccc21. The number of benzene rings is 1. The first-order chi connectivity index (χ1) is 12.6. The van der Waals surface area contributed by atoms with E-state index in [9.17, 15) is 9.59 Å². The molecule has 2 rings (SSSR count). The summed E-state index contributed by atoms with van der Waals surface area (Å²) in [5.41, 5.74) is 2.39. The molecule has 27 heavy (non-hydrogen) atoms. The number of fused-ring (bicyclic) bond motifs is 1. The summed E-state index contributed by atoms with van der Waals surface area (Å²) in [7, 11) is 0. The maximum absolute atomic E-state index is 12.6. The summed E-state index contributed by atoms with van der Waals surface area (Å²) in [4.78, 5) is 24.8. The Balaban J connectivity index is 2.30. The number of aromatic nitrogens is 1. The Labute approximate surface area is 162 Å². The van der Waals surface area contributed by atoms with E-state index in [1.54, 1.807) is 0 Å². The van der Waals surface area contributed by atoms with E-state index in [2.05, 4.69) is 36.0 Å². The first-order valence-corrected chi connectivity index (χ1v) is 9.82. The zero-order valence-electron chi connectivity index (χ0n) is 17.5. The molecule has 0 aliphatic carbocycles. The van der Waals surface area contributed by atoms with Crippen LogP contribution in [0.25, 0.3) is 10.9 Å². The van der Waals surface area contributed by atoms with Gasteiger partial charge in [-0.2, -0.15) is 0 Å². The van der Waals surface area contributed by atoms with E-state index in [0.717, 1.165) is 29.6 Å². The predicted molar refractivity (Wildman–Crippen MR) is 112 cm³/mol. The molecule has 2 N–H and O–H groups in total. The lowest BCUT2D eigenvalue weighted by Gasteiger charge is -2.17. The fourth-order valence-corrected chi connectivity index (χ4v) is 3.08. The smallest absolute Gasteiger partial charge is 0.267 e. The second kappa shape index (κ2) is 8.59. The van der Waals surface area contributed by atoms with Crippen LogP contribution in [0.15, 0.2) is 24.3 Å². The van der Waals surface area contributed by atoms with Crippen LogP contribution < -0.4 is 10.6 Å². The fourth-order valence-electron chi connectivity index (χ4n) is 3.08. The van der Waals surface area contributed by atoms with Crippen molar-refractivity contribution < 1.29 is 9.59 Å². The third-order valence-corrected chi connectivity index (χ3v) is 4.23. The van der Waals surface area contributed by atoms with Gasteiger partial charge in [-0.1, -0.05) is 41.5 Å². The molecule has 0 atom stereocenters. The average Bonchev–Trinajstić information content (AvgIpc) is 2.89. The normalized spacial score (nSPS) is 11.8. The lowest BCUT2D eigenvalue weighted by atomic mass is 9.92. The zero-order chi connectivity index (χ0) is 20.2. The van der Waals surface area contributed by atoms with E-state index < -0.39 is 0 Å². The maximum Gasteiger partial charge on any atom is 0.267 e. The van der Waals surface area contributed by atoms with Gasteiger partial charge in [-0.3, -0.25) is 9.59 Å². The Kier molecular flexibility index (Phi) is 6.68. The number of nitrogens with one attached hydrogen (secondary N) is 2. The van der Waals surface area contributed by atoms with Crippen LogP contribution in [0.5, 0.6) is 0 Å². The summed E-state index contributed by atoms with van der Waals surface area (Å²) in [5, 5.41) is 6.94. The van der Waals surface area contributed by atoms with Gasteiger partial charge in [0.25, 0.3) is 5.91 Å². The van der Waals surface area contributed by atoms with Gasteiger partial charge >= 0.3 is 0 Å².